The molecule has 3 heteroatoms. The second kappa shape index (κ2) is 5.87. The van der Waals surface area contributed by atoms with Gasteiger partial charge < -0.3 is 4.74 Å². The van der Waals surface area contributed by atoms with Crippen LogP contribution in [-0.2, 0) is 0 Å². The summed E-state index contributed by atoms with van der Waals surface area (Å²) in [5.41, 5.74) is 2.01. The van der Waals surface area contributed by atoms with Crippen molar-refractivity contribution in [3.8, 4) is 5.75 Å². The number of hydrogen-bond donors (Lipinski definition) is 0. The molecule has 2 aromatic carbocycles. The van der Waals surface area contributed by atoms with Crippen LogP contribution in [0, 0.1) is 19.7 Å². The molecule has 0 radical (unpaired) electrons. The van der Waals surface area contributed by atoms with Crippen molar-refractivity contribution in [2.75, 3.05) is 6.61 Å². The maximum Gasteiger partial charge on any atom is 0.196 e. The van der Waals surface area contributed by atoms with E-state index in [4.69, 9.17) is 4.74 Å². The second-order valence-electron chi connectivity index (χ2n) is 4.73. The fraction of sp³-hybridized carbons (Fsp3) is 0.235. The van der Waals surface area contributed by atoms with E-state index in [1.54, 1.807) is 38.1 Å². The molecule has 0 amide bonds. The molecule has 0 saturated carbocycles. The van der Waals surface area contributed by atoms with E-state index in [1.807, 2.05) is 13.0 Å². The maximum atomic E-state index is 14.0. The lowest BCUT2D eigenvalue weighted by Crippen LogP contribution is -2.07. The zero-order valence-electron chi connectivity index (χ0n) is 11.9. The number of ether oxygens (including phenoxy) is 1. The Labute approximate surface area is 118 Å². The molecule has 0 aromatic heterocycles. The van der Waals surface area contributed by atoms with Crippen molar-refractivity contribution >= 4 is 5.78 Å². The van der Waals surface area contributed by atoms with E-state index in [9.17, 15) is 9.18 Å². The minimum absolute atomic E-state index is 0.129. The first-order valence-electron chi connectivity index (χ1n) is 6.57. The monoisotopic (exact) mass is 272 g/mol. The number of rotatable bonds is 4. The first-order chi connectivity index (χ1) is 9.52. The number of benzene rings is 2. The first kappa shape index (κ1) is 14.3. The van der Waals surface area contributed by atoms with Gasteiger partial charge in [0.15, 0.2) is 5.78 Å². The number of ketones is 1. The number of hydrogen-bond acceptors (Lipinski definition) is 2. The van der Waals surface area contributed by atoms with E-state index in [0.717, 1.165) is 5.56 Å². The largest absolute Gasteiger partial charge is 0.494 e. The number of aryl methyl sites for hydroxylation is 2. The molecule has 0 N–H and O–H groups in total. The third-order valence-electron chi connectivity index (χ3n) is 3.07. The molecular formula is C17H17FO2. The molecule has 0 bridgehead atoms. The van der Waals surface area contributed by atoms with Crippen LogP contribution in [0.15, 0.2) is 36.4 Å². The van der Waals surface area contributed by atoms with Crippen molar-refractivity contribution in [1.29, 1.82) is 0 Å². The van der Waals surface area contributed by atoms with E-state index in [1.165, 1.54) is 6.07 Å². The summed E-state index contributed by atoms with van der Waals surface area (Å²) < 4.78 is 19.4. The molecule has 0 saturated heterocycles. The van der Waals surface area contributed by atoms with Crippen molar-refractivity contribution in [3.05, 3.63) is 64.5 Å². The lowest BCUT2D eigenvalue weighted by atomic mass is 9.97. The summed E-state index contributed by atoms with van der Waals surface area (Å²) >= 11 is 0. The van der Waals surface area contributed by atoms with Crippen molar-refractivity contribution < 1.29 is 13.9 Å². The summed E-state index contributed by atoms with van der Waals surface area (Å²) in [7, 11) is 0. The third-order valence-corrected chi connectivity index (χ3v) is 3.07. The van der Waals surface area contributed by atoms with Crippen molar-refractivity contribution in [1.82, 2.24) is 0 Å². The number of carbonyl (C=O) groups excluding carboxylic acids is 1. The summed E-state index contributed by atoms with van der Waals surface area (Å²) in [6.07, 6.45) is 0. The highest BCUT2D eigenvalue weighted by atomic mass is 19.1. The zero-order chi connectivity index (χ0) is 14.7. The number of carbonyl (C=O) groups is 1. The third kappa shape index (κ3) is 2.87. The van der Waals surface area contributed by atoms with Crippen molar-refractivity contribution in [2.45, 2.75) is 20.8 Å². The fourth-order valence-corrected chi connectivity index (χ4v) is 2.24. The highest BCUT2D eigenvalue weighted by molar-refractivity contribution is 6.10. The average molecular weight is 272 g/mol. The lowest BCUT2D eigenvalue weighted by Gasteiger charge is -2.09. The van der Waals surface area contributed by atoms with Crippen LogP contribution >= 0.6 is 0 Å². The van der Waals surface area contributed by atoms with Crippen LogP contribution in [0.25, 0.3) is 0 Å². The van der Waals surface area contributed by atoms with Crippen LogP contribution < -0.4 is 4.74 Å². The molecule has 2 nitrogen and oxygen atoms in total. The highest BCUT2D eigenvalue weighted by Gasteiger charge is 2.17. The molecule has 0 spiro atoms. The Hall–Kier alpha value is -2.16. The second-order valence-corrected chi connectivity index (χ2v) is 4.73. The molecular weight excluding hydrogens is 255 g/mol. The zero-order valence-corrected chi connectivity index (χ0v) is 11.9. The smallest absolute Gasteiger partial charge is 0.196 e. The van der Waals surface area contributed by atoms with Gasteiger partial charge in [-0.3, -0.25) is 4.79 Å². The van der Waals surface area contributed by atoms with Crippen LogP contribution in [0.4, 0.5) is 4.39 Å². The van der Waals surface area contributed by atoms with Gasteiger partial charge in [0.05, 0.1) is 12.2 Å². The molecule has 0 atom stereocenters. The lowest BCUT2D eigenvalue weighted by molar-refractivity contribution is 0.103. The Morgan fingerprint density at radius 2 is 1.95 bits per heavy atom. The van der Waals surface area contributed by atoms with E-state index in [2.05, 4.69) is 0 Å². The van der Waals surface area contributed by atoms with E-state index in [0.29, 0.717) is 23.5 Å². The van der Waals surface area contributed by atoms with Crippen LogP contribution in [0.5, 0.6) is 5.75 Å². The van der Waals surface area contributed by atoms with Gasteiger partial charge in [-0.2, -0.15) is 0 Å². The summed E-state index contributed by atoms with van der Waals surface area (Å²) in [6.45, 7) is 5.95. The van der Waals surface area contributed by atoms with Gasteiger partial charge in [-0.05, 0) is 50.1 Å². The molecule has 20 heavy (non-hydrogen) atoms. The van der Waals surface area contributed by atoms with Gasteiger partial charge >= 0.3 is 0 Å². The molecule has 2 rings (SSSR count). The predicted octanol–water partition coefficient (Wildman–Crippen LogP) is 4.07. The predicted molar refractivity (Wildman–Crippen MR) is 76.9 cm³/mol. The molecule has 0 aliphatic rings. The molecule has 0 aliphatic heterocycles. The van der Waals surface area contributed by atoms with Crippen LogP contribution in [0.1, 0.15) is 34.0 Å². The van der Waals surface area contributed by atoms with Crippen LogP contribution in [0.3, 0.4) is 0 Å². The van der Waals surface area contributed by atoms with Gasteiger partial charge in [0.1, 0.15) is 11.6 Å². The molecule has 0 unspecified atom stereocenters. The topological polar surface area (TPSA) is 26.3 Å². The van der Waals surface area contributed by atoms with Gasteiger partial charge in [-0.15, -0.1) is 0 Å². The molecule has 2 aromatic rings. The summed E-state index contributed by atoms with van der Waals surface area (Å²) in [5.74, 6) is -0.181. The van der Waals surface area contributed by atoms with E-state index < -0.39 is 5.82 Å². The summed E-state index contributed by atoms with van der Waals surface area (Å²) in [4.78, 5) is 12.5. The minimum atomic E-state index is -0.477. The maximum absolute atomic E-state index is 14.0. The molecule has 0 fully saturated rings. The van der Waals surface area contributed by atoms with E-state index in [-0.39, 0.29) is 11.3 Å². The normalized spacial score (nSPS) is 10.4. The standard InChI is InChI=1S/C17H17FO2/c1-4-20-14-7-5-6-13(10-14)17(19)16-12(3)8-11(2)9-15(16)18/h5-10H,4H2,1-3H3. The Morgan fingerprint density at radius 1 is 1.20 bits per heavy atom. The van der Waals surface area contributed by atoms with Gasteiger partial charge in [0.25, 0.3) is 0 Å². The Balaban J connectivity index is 2.44. The van der Waals surface area contributed by atoms with Gasteiger partial charge in [-0.1, -0.05) is 18.2 Å². The van der Waals surface area contributed by atoms with Crippen molar-refractivity contribution in [2.24, 2.45) is 0 Å². The van der Waals surface area contributed by atoms with Gasteiger partial charge in [-0.25, -0.2) is 4.39 Å². The van der Waals surface area contributed by atoms with Gasteiger partial charge in [0, 0.05) is 5.56 Å². The average Bonchev–Trinajstić information content (AvgIpc) is 2.38. The van der Waals surface area contributed by atoms with E-state index >= 15 is 0 Å². The molecule has 104 valence electrons. The van der Waals surface area contributed by atoms with Crippen LogP contribution in [0.2, 0.25) is 0 Å². The quantitative estimate of drug-likeness (QED) is 0.784. The highest BCUT2D eigenvalue weighted by Crippen LogP contribution is 2.22. The SMILES string of the molecule is CCOc1cccc(C(=O)c2c(C)cc(C)cc2F)c1. The Bertz CT molecular complexity index is 624. The van der Waals surface area contributed by atoms with Gasteiger partial charge in [0.2, 0.25) is 0 Å². The molecule has 0 aliphatic carbocycles. The Morgan fingerprint density at radius 3 is 2.60 bits per heavy atom. The van der Waals surface area contributed by atoms with Crippen LogP contribution in [-0.4, -0.2) is 12.4 Å². The van der Waals surface area contributed by atoms with Crippen molar-refractivity contribution in [3.63, 3.8) is 0 Å². The number of halogens is 1. The molecule has 0 heterocycles. The fourth-order valence-electron chi connectivity index (χ4n) is 2.24. The summed E-state index contributed by atoms with van der Waals surface area (Å²) in [5, 5.41) is 0. The first-order valence-corrected chi connectivity index (χ1v) is 6.57. The summed E-state index contributed by atoms with van der Waals surface area (Å²) in [6, 6.07) is 10.0. The Kier molecular flexibility index (Phi) is 4.18. The minimum Gasteiger partial charge on any atom is -0.494 e.